The van der Waals surface area contributed by atoms with Gasteiger partial charge in [-0.05, 0) is 19.8 Å². The molecule has 1 amide bonds. The van der Waals surface area contributed by atoms with Crippen molar-refractivity contribution in [1.82, 2.24) is 5.06 Å². The first-order chi connectivity index (χ1) is 6.63. The maximum atomic E-state index is 11.3. The lowest BCUT2D eigenvalue weighted by molar-refractivity contribution is -0.157. The SMILES string of the molecule is CCCOC(=O)N(OCCC)C(C)N. The highest BCUT2D eigenvalue weighted by atomic mass is 16.7. The third-order valence-corrected chi connectivity index (χ3v) is 1.41. The van der Waals surface area contributed by atoms with Crippen molar-refractivity contribution in [2.75, 3.05) is 13.2 Å². The number of amides is 1. The first-order valence-electron chi connectivity index (χ1n) is 4.97. The molecule has 2 N–H and O–H groups in total. The van der Waals surface area contributed by atoms with E-state index < -0.39 is 12.3 Å². The fraction of sp³-hybridized carbons (Fsp3) is 0.889. The molecule has 5 nitrogen and oxygen atoms in total. The minimum absolute atomic E-state index is 0.386. The van der Waals surface area contributed by atoms with Crippen molar-refractivity contribution in [2.24, 2.45) is 5.73 Å². The molecule has 5 heteroatoms. The van der Waals surface area contributed by atoms with E-state index in [4.69, 9.17) is 15.3 Å². The number of hydrogen-bond donors (Lipinski definition) is 1. The predicted octanol–water partition coefficient (Wildman–Crippen LogP) is 1.48. The highest BCUT2D eigenvalue weighted by Gasteiger charge is 2.19. The summed E-state index contributed by atoms with van der Waals surface area (Å²) >= 11 is 0. The summed E-state index contributed by atoms with van der Waals surface area (Å²) in [5.74, 6) is 0. The van der Waals surface area contributed by atoms with E-state index in [0.717, 1.165) is 17.9 Å². The molecule has 0 aliphatic heterocycles. The number of rotatable bonds is 6. The zero-order valence-corrected chi connectivity index (χ0v) is 9.16. The van der Waals surface area contributed by atoms with Crippen LogP contribution >= 0.6 is 0 Å². The second-order valence-corrected chi connectivity index (χ2v) is 3.01. The number of hydrogen-bond acceptors (Lipinski definition) is 4. The quantitative estimate of drug-likeness (QED) is 0.525. The summed E-state index contributed by atoms with van der Waals surface area (Å²) in [5.41, 5.74) is 5.55. The number of nitrogens with two attached hydrogens (primary N) is 1. The predicted molar refractivity (Wildman–Crippen MR) is 53.4 cm³/mol. The van der Waals surface area contributed by atoms with Gasteiger partial charge in [0, 0.05) is 0 Å². The van der Waals surface area contributed by atoms with E-state index in [1.54, 1.807) is 6.92 Å². The van der Waals surface area contributed by atoms with E-state index in [0.29, 0.717) is 13.2 Å². The Morgan fingerprint density at radius 1 is 1.36 bits per heavy atom. The number of carbonyl (C=O) groups excluding carboxylic acids is 1. The summed E-state index contributed by atoms with van der Waals surface area (Å²) in [5, 5.41) is 1.07. The van der Waals surface area contributed by atoms with E-state index in [-0.39, 0.29) is 0 Å². The first kappa shape index (κ1) is 13.2. The summed E-state index contributed by atoms with van der Waals surface area (Å²) in [4.78, 5) is 16.5. The van der Waals surface area contributed by atoms with E-state index >= 15 is 0 Å². The average Bonchev–Trinajstić information content (AvgIpc) is 2.14. The summed E-state index contributed by atoms with van der Waals surface area (Å²) in [6, 6.07) is 0. The Kier molecular flexibility index (Phi) is 7.14. The van der Waals surface area contributed by atoms with Gasteiger partial charge in [-0.15, -0.1) is 0 Å². The van der Waals surface area contributed by atoms with Crippen molar-refractivity contribution in [2.45, 2.75) is 39.8 Å². The van der Waals surface area contributed by atoms with Crippen LogP contribution in [0.4, 0.5) is 4.79 Å². The van der Waals surface area contributed by atoms with E-state index in [2.05, 4.69) is 0 Å². The Balaban J connectivity index is 3.98. The van der Waals surface area contributed by atoms with Gasteiger partial charge in [0.25, 0.3) is 0 Å². The molecule has 84 valence electrons. The first-order valence-corrected chi connectivity index (χ1v) is 4.97. The normalized spacial score (nSPS) is 12.3. The molecule has 1 unspecified atom stereocenters. The van der Waals surface area contributed by atoms with Crippen molar-refractivity contribution in [3.8, 4) is 0 Å². The fourth-order valence-corrected chi connectivity index (χ4v) is 0.779. The van der Waals surface area contributed by atoms with E-state index in [1.807, 2.05) is 13.8 Å². The minimum Gasteiger partial charge on any atom is -0.448 e. The smallest absolute Gasteiger partial charge is 0.435 e. The van der Waals surface area contributed by atoms with Crippen LogP contribution in [0.25, 0.3) is 0 Å². The standard InChI is InChI=1S/C9H20N2O3/c1-4-6-13-9(12)11(8(3)10)14-7-5-2/h8H,4-7,10H2,1-3H3. The van der Waals surface area contributed by atoms with Crippen LogP contribution in [0.5, 0.6) is 0 Å². The Bertz CT molecular complexity index is 162. The molecule has 0 aliphatic rings. The second kappa shape index (κ2) is 7.58. The molecule has 0 aromatic rings. The van der Waals surface area contributed by atoms with Gasteiger partial charge in [-0.3, -0.25) is 4.84 Å². The highest BCUT2D eigenvalue weighted by Crippen LogP contribution is 2.00. The number of nitrogens with zero attached hydrogens (tertiary/aromatic N) is 1. The second-order valence-electron chi connectivity index (χ2n) is 3.01. The van der Waals surface area contributed by atoms with Gasteiger partial charge in [-0.1, -0.05) is 13.8 Å². The van der Waals surface area contributed by atoms with Gasteiger partial charge < -0.3 is 10.5 Å². The van der Waals surface area contributed by atoms with Crippen LogP contribution in [0.1, 0.15) is 33.6 Å². The summed E-state index contributed by atoms with van der Waals surface area (Å²) in [6.07, 6.45) is 0.595. The lowest BCUT2D eigenvalue weighted by atomic mass is 10.5. The molecular weight excluding hydrogens is 184 g/mol. The van der Waals surface area contributed by atoms with Crippen LogP contribution in [-0.4, -0.2) is 30.5 Å². The molecule has 0 radical (unpaired) electrons. The van der Waals surface area contributed by atoms with Crippen LogP contribution in [0.2, 0.25) is 0 Å². The van der Waals surface area contributed by atoms with E-state index in [1.165, 1.54) is 0 Å². The van der Waals surface area contributed by atoms with Gasteiger partial charge in [0.15, 0.2) is 0 Å². The Morgan fingerprint density at radius 3 is 2.36 bits per heavy atom. The minimum atomic E-state index is -0.518. The zero-order valence-electron chi connectivity index (χ0n) is 9.16. The molecule has 0 heterocycles. The van der Waals surface area contributed by atoms with Crippen molar-refractivity contribution in [3.63, 3.8) is 0 Å². The molecule has 0 spiro atoms. The number of carbonyl (C=O) groups is 1. The molecule has 0 fully saturated rings. The maximum Gasteiger partial charge on any atom is 0.435 e. The van der Waals surface area contributed by atoms with Gasteiger partial charge in [0.1, 0.15) is 6.17 Å². The van der Waals surface area contributed by atoms with Crippen LogP contribution in [0.15, 0.2) is 0 Å². The number of hydroxylamine groups is 2. The molecule has 0 aromatic heterocycles. The van der Waals surface area contributed by atoms with Gasteiger partial charge in [-0.25, -0.2) is 4.79 Å². The van der Waals surface area contributed by atoms with Gasteiger partial charge in [0.2, 0.25) is 0 Å². The largest absolute Gasteiger partial charge is 0.448 e. The molecule has 14 heavy (non-hydrogen) atoms. The molecule has 0 aliphatic carbocycles. The average molecular weight is 204 g/mol. The third-order valence-electron chi connectivity index (χ3n) is 1.41. The highest BCUT2D eigenvalue weighted by molar-refractivity contribution is 5.66. The van der Waals surface area contributed by atoms with Crippen LogP contribution in [0, 0.1) is 0 Å². The molecular formula is C9H20N2O3. The molecule has 0 rings (SSSR count). The van der Waals surface area contributed by atoms with Crippen molar-refractivity contribution < 1.29 is 14.4 Å². The molecule has 0 saturated heterocycles. The maximum absolute atomic E-state index is 11.3. The van der Waals surface area contributed by atoms with Crippen molar-refractivity contribution >= 4 is 6.09 Å². The van der Waals surface area contributed by atoms with Crippen LogP contribution in [-0.2, 0) is 9.57 Å². The van der Waals surface area contributed by atoms with Gasteiger partial charge in [0.05, 0.1) is 13.2 Å². The Labute approximate surface area is 85.1 Å². The molecule has 1 atom stereocenters. The van der Waals surface area contributed by atoms with E-state index in [9.17, 15) is 4.79 Å². The lowest BCUT2D eigenvalue weighted by Crippen LogP contribution is -2.44. The molecule has 0 bridgehead atoms. The monoisotopic (exact) mass is 204 g/mol. The van der Waals surface area contributed by atoms with Crippen LogP contribution < -0.4 is 5.73 Å². The lowest BCUT2D eigenvalue weighted by Gasteiger charge is -2.24. The molecule has 0 saturated carbocycles. The fourth-order valence-electron chi connectivity index (χ4n) is 0.779. The Hall–Kier alpha value is -0.810. The van der Waals surface area contributed by atoms with Gasteiger partial charge in [-0.2, -0.15) is 5.06 Å². The molecule has 0 aromatic carbocycles. The topological polar surface area (TPSA) is 64.8 Å². The zero-order chi connectivity index (χ0) is 11.0. The third kappa shape index (κ3) is 5.04. The summed E-state index contributed by atoms with van der Waals surface area (Å²) < 4.78 is 4.89. The van der Waals surface area contributed by atoms with Crippen LogP contribution in [0.3, 0.4) is 0 Å². The summed E-state index contributed by atoms with van der Waals surface area (Å²) in [6.45, 7) is 6.40. The number of ether oxygens (including phenoxy) is 1. The summed E-state index contributed by atoms with van der Waals surface area (Å²) in [7, 11) is 0. The van der Waals surface area contributed by atoms with Crippen molar-refractivity contribution in [3.05, 3.63) is 0 Å². The van der Waals surface area contributed by atoms with Crippen molar-refractivity contribution in [1.29, 1.82) is 0 Å². The van der Waals surface area contributed by atoms with Gasteiger partial charge >= 0.3 is 6.09 Å². The Morgan fingerprint density at radius 2 is 1.93 bits per heavy atom.